The lowest BCUT2D eigenvalue weighted by molar-refractivity contribution is -0.131. The van der Waals surface area contributed by atoms with Gasteiger partial charge in [-0.2, -0.15) is 0 Å². The second-order valence-corrected chi connectivity index (χ2v) is 10.2. The van der Waals surface area contributed by atoms with E-state index >= 15 is 0 Å². The quantitative estimate of drug-likeness (QED) is 0.259. The maximum absolute atomic E-state index is 13.4. The van der Waals surface area contributed by atoms with E-state index in [0.717, 1.165) is 27.9 Å². The number of halogens is 3. The fraction of sp³-hybridized carbons (Fsp3) is 0.167. The fourth-order valence-electron chi connectivity index (χ4n) is 4.71. The first-order valence-electron chi connectivity index (χ1n) is 11.9. The second-order valence-electron chi connectivity index (χ2n) is 8.94. The summed E-state index contributed by atoms with van der Waals surface area (Å²) in [6.45, 7) is 1.83. The third kappa shape index (κ3) is 5.54. The Balaban J connectivity index is 1.34. The molecule has 0 aromatic heterocycles. The van der Waals surface area contributed by atoms with E-state index in [9.17, 15) is 4.79 Å². The maximum atomic E-state index is 13.4. The predicted octanol–water partition coefficient (Wildman–Crippen LogP) is 7.95. The molecule has 1 atom stereocenters. The Hall–Kier alpha value is -2.98. The summed E-state index contributed by atoms with van der Waals surface area (Å²) in [6.07, 6.45) is 0.365. The van der Waals surface area contributed by atoms with Gasteiger partial charge in [0.2, 0.25) is 5.91 Å². The molecule has 0 spiro atoms. The molecule has 1 aliphatic heterocycles. The van der Waals surface area contributed by atoms with Crippen LogP contribution in [0, 0.1) is 0 Å². The minimum atomic E-state index is -0.0564. The van der Waals surface area contributed by atoms with Crippen LogP contribution >= 0.6 is 34.8 Å². The number of hydrogen-bond acceptors (Lipinski definition) is 2. The average Bonchev–Trinajstić information content (AvgIpc) is 2.90. The van der Waals surface area contributed by atoms with E-state index in [-0.39, 0.29) is 11.9 Å². The zero-order valence-corrected chi connectivity index (χ0v) is 21.8. The van der Waals surface area contributed by atoms with Crippen molar-refractivity contribution in [3.05, 3.63) is 123 Å². The number of rotatable bonds is 5. The minimum absolute atomic E-state index is 0.0564. The Morgan fingerprint density at radius 3 is 2.11 bits per heavy atom. The number of benzene rings is 4. The molecule has 5 rings (SSSR count). The van der Waals surface area contributed by atoms with E-state index in [4.69, 9.17) is 34.8 Å². The van der Waals surface area contributed by atoms with Crippen LogP contribution in [0.1, 0.15) is 17.2 Å². The van der Waals surface area contributed by atoms with Crippen LogP contribution in [-0.4, -0.2) is 30.4 Å². The summed E-state index contributed by atoms with van der Waals surface area (Å²) in [5.41, 5.74) is 5.30. The predicted molar refractivity (Wildman–Crippen MR) is 150 cm³/mol. The third-order valence-electron chi connectivity index (χ3n) is 6.62. The summed E-state index contributed by atoms with van der Waals surface area (Å²) in [6, 6.07) is 31.8. The number of piperazine rings is 1. The molecule has 0 saturated carbocycles. The molecule has 0 N–H and O–H groups in total. The molecule has 36 heavy (non-hydrogen) atoms. The molecule has 4 aromatic carbocycles. The fourth-order valence-corrected chi connectivity index (χ4v) is 5.36. The van der Waals surface area contributed by atoms with Crippen LogP contribution in [0.5, 0.6) is 0 Å². The molecule has 182 valence electrons. The second kappa shape index (κ2) is 11.0. The molecule has 1 heterocycles. The van der Waals surface area contributed by atoms with Crippen molar-refractivity contribution in [2.45, 2.75) is 12.5 Å². The Kier molecular flexibility index (Phi) is 7.52. The van der Waals surface area contributed by atoms with Crippen molar-refractivity contribution < 1.29 is 4.79 Å². The highest BCUT2D eigenvalue weighted by Gasteiger charge is 2.31. The summed E-state index contributed by atoms with van der Waals surface area (Å²) in [4.78, 5) is 17.6. The van der Waals surface area contributed by atoms with Crippen molar-refractivity contribution in [1.29, 1.82) is 0 Å². The van der Waals surface area contributed by atoms with Crippen molar-refractivity contribution in [3.63, 3.8) is 0 Å². The van der Waals surface area contributed by atoms with Gasteiger partial charge in [0.15, 0.2) is 0 Å². The van der Waals surface area contributed by atoms with Crippen LogP contribution in [0.2, 0.25) is 15.1 Å². The van der Waals surface area contributed by atoms with E-state index in [2.05, 4.69) is 29.2 Å². The van der Waals surface area contributed by atoms with Gasteiger partial charge >= 0.3 is 0 Å². The van der Waals surface area contributed by atoms with Crippen LogP contribution < -0.4 is 4.90 Å². The molecule has 0 aliphatic carbocycles. The Bertz CT molecular complexity index is 1340. The van der Waals surface area contributed by atoms with E-state index in [1.165, 1.54) is 0 Å². The summed E-state index contributed by atoms with van der Waals surface area (Å²) in [5.74, 6) is 0.114. The highest BCUT2D eigenvalue weighted by molar-refractivity contribution is 6.36. The van der Waals surface area contributed by atoms with Gasteiger partial charge in [-0.05, 0) is 52.6 Å². The first kappa shape index (κ1) is 24.7. The Morgan fingerprint density at radius 2 is 1.42 bits per heavy atom. The van der Waals surface area contributed by atoms with Gasteiger partial charge in [-0.1, -0.05) is 102 Å². The van der Waals surface area contributed by atoms with E-state index in [1.807, 2.05) is 71.6 Å². The molecule has 1 amide bonds. The van der Waals surface area contributed by atoms with Gasteiger partial charge in [-0.15, -0.1) is 0 Å². The largest absolute Gasteiger partial charge is 0.360 e. The standard InChI is InChI=1S/C30H25Cl3N2O/c31-25-12-10-24(11-13-25)29-20-34(16-17-35(29)28-15-14-26(32)19-27(28)33)30(36)18-21-6-8-23(9-7-21)22-4-2-1-3-5-22/h1-15,19,29H,16-18,20H2. The number of nitrogens with zero attached hydrogens (tertiary/aromatic N) is 2. The van der Waals surface area contributed by atoms with Crippen LogP contribution in [0.15, 0.2) is 97.1 Å². The molecule has 0 radical (unpaired) electrons. The Morgan fingerprint density at radius 1 is 0.750 bits per heavy atom. The summed E-state index contributed by atoms with van der Waals surface area (Å²) < 4.78 is 0. The lowest BCUT2D eigenvalue weighted by atomic mass is 10.00. The van der Waals surface area contributed by atoms with Gasteiger partial charge < -0.3 is 9.80 Å². The van der Waals surface area contributed by atoms with E-state index in [1.54, 1.807) is 6.07 Å². The number of amides is 1. The smallest absolute Gasteiger partial charge is 0.227 e. The molecule has 1 unspecified atom stereocenters. The molecule has 6 heteroatoms. The average molecular weight is 536 g/mol. The first-order chi connectivity index (χ1) is 17.5. The number of carbonyl (C=O) groups excluding carboxylic acids is 1. The minimum Gasteiger partial charge on any atom is -0.360 e. The van der Waals surface area contributed by atoms with Crippen LogP contribution in [-0.2, 0) is 11.2 Å². The molecular formula is C30H25Cl3N2O. The molecule has 3 nitrogen and oxygen atoms in total. The van der Waals surface area contributed by atoms with Gasteiger partial charge in [0.1, 0.15) is 0 Å². The third-order valence-corrected chi connectivity index (χ3v) is 7.41. The summed E-state index contributed by atoms with van der Waals surface area (Å²) >= 11 is 18.9. The summed E-state index contributed by atoms with van der Waals surface area (Å²) in [5, 5.41) is 1.87. The SMILES string of the molecule is O=C(Cc1ccc(-c2ccccc2)cc1)N1CCN(c2ccc(Cl)cc2Cl)C(c2ccc(Cl)cc2)C1. The zero-order valence-electron chi connectivity index (χ0n) is 19.6. The lowest BCUT2D eigenvalue weighted by Crippen LogP contribution is -2.51. The van der Waals surface area contributed by atoms with Crippen molar-refractivity contribution >= 4 is 46.4 Å². The van der Waals surface area contributed by atoms with Crippen LogP contribution in [0.3, 0.4) is 0 Å². The number of hydrogen-bond donors (Lipinski definition) is 0. The van der Waals surface area contributed by atoms with Crippen molar-refractivity contribution in [1.82, 2.24) is 4.90 Å². The lowest BCUT2D eigenvalue weighted by Gasteiger charge is -2.43. The maximum Gasteiger partial charge on any atom is 0.227 e. The molecule has 0 bridgehead atoms. The monoisotopic (exact) mass is 534 g/mol. The van der Waals surface area contributed by atoms with Crippen molar-refractivity contribution in [2.24, 2.45) is 0 Å². The zero-order chi connectivity index (χ0) is 25.1. The molecule has 4 aromatic rings. The highest BCUT2D eigenvalue weighted by atomic mass is 35.5. The molecular weight excluding hydrogens is 511 g/mol. The van der Waals surface area contributed by atoms with Crippen molar-refractivity contribution in [3.8, 4) is 11.1 Å². The number of carbonyl (C=O) groups is 1. The first-order valence-corrected chi connectivity index (χ1v) is 13.0. The molecule has 1 aliphatic rings. The van der Waals surface area contributed by atoms with E-state index in [0.29, 0.717) is 41.1 Å². The van der Waals surface area contributed by atoms with Crippen LogP contribution in [0.4, 0.5) is 5.69 Å². The normalized spacial score (nSPS) is 15.7. The van der Waals surface area contributed by atoms with Crippen molar-refractivity contribution in [2.75, 3.05) is 24.5 Å². The van der Waals surface area contributed by atoms with E-state index < -0.39 is 0 Å². The van der Waals surface area contributed by atoms with Gasteiger partial charge in [0.25, 0.3) is 0 Å². The highest BCUT2D eigenvalue weighted by Crippen LogP contribution is 2.37. The van der Waals surface area contributed by atoms with Crippen LogP contribution in [0.25, 0.3) is 11.1 Å². The van der Waals surface area contributed by atoms with Gasteiger partial charge in [0.05, 0.1) is 23.2 Å². The Labute approximate surface area is 226 Å². The molecule has 1 fully saturated rings. The van der Waals surface area contributed by atoms with Gasteiger partial charge in [-0.25, -0.2) is 0 Å². The molecule has 1 saturated heterocycles. The summed E-state index contributed by atoms with van der Waals surface area (Å²) in [7, 11) is 0. The number of anilines is 1. The van der Waals surface area contributed by atoms with Gasteiger partial charge in [-0.3, -0.25) is 4.79 Å². The van der Waals surface area contributed by atoms with Gasteiger partial charge in [0, 0.05) is 29.7 Å². The topological polar surface area (TPSA) is 23.6 Å².